The maximum Gasteiger partial charge on any atom is 0.200 e. The number of hydrogen-bond donors (Lipinski definition) is 1. The molecule has 0 bridgehead atoms. The lowest BCUT2D eigenvalue weighted by Crippen LogP contribution is -2.50. The van der Waals surface area contributed by atoms with Crippen LogP contribution in [0.25, 0.3) is 0 Å². The molecule has 0 aliphatic rings. The number of nitrogens with one attached hydrogen (secondary N) is 1. The van der Waals surface area contributed by atoms with Crippen LogP contribution in [0.3, 0.4) is 0 Å². The largest absolute Gasteiger partial charge is 0.408 e. The molecule has 1 unspecified atom stereocenters. The fourth-order valence-electron chi connectivity index (χ4n) is 2.49. The highest BCUT2D eigenvalue weighted by Crippen LogP contribution is 2.27. The number of rotatable bonds is 6. The molecule has 0 fully saturated rings. The van der Waals surface area contributed by atoms with Crippen LogP contribution < -0.4 is 4.98 Å². The molecule has 1 aromatic carbocycles. The Kier molecular flexibility index (Phi) is 10.2. The summed E-state index contributed by atoms with van der Waals surface area (Å²) in [5.74, 6) is -9.61. The van der Waals surface area contributed by atoms with Crippen LogP contribution in [0.2, 0.25) is 31.7 Å². The summed E-state index contributed by atoms with van der Waals surface area (Å²) in [6.07, 6.45) is 0. The Morgan fingerprint density at radius 3 is 1.63 bits per heavy atom. The van der Waals surface area contributed by atoms with Crippen LogP contribution in [0, 0.1) is 40.4 Å². The Hall–Kier alpha value is -1.45. The molecule has 0 aliphatic heterocycles. The van der Waals surface area contributed by atoms with Gasteiger partial charge in [-0.25, -0.2) is 22.0 Å². The highest BCUT2D eigenvalue weighted by molar-refractivity contribution is 6.76. The number of hydrogen-bond acceptors (Lipinski definition) is 3. The second-order valence-corrected chi connectivity index (χ2v) is 14.3. The molecule has 1 rings (SSSR count). The zero-order chi connectivity index (χ0) is 21.5. The number of anilines is 1. The first kappa shape index (κ1) is 25.6. The first-order chi connectivity index (χ1) is 12.4. The van der Waals surface area contributed by atoms with E-state index in [9.17, 15) is 22.0 Å². The van der Waals surface area contributed by atoms with Crippen LogP contribution in [-0.2, 0) is 0 Å². The van der Waals surface area contributed by atoms with Gasteiger partial charge in [0.15, 0.2) is 23.3 Å². The molecule has 0 aromatic heterocycles. The van der Waals surface area contributed by atoms with Gasteiger partial charge in [-0.2, -0.15) is 5.26 Å². The maximum absolute atomic E-state index is 13.0. The quantitative estimate of drug-likeness (QED) is 0.294. The molecule has 0 amide bonds. The summed E-state index contributed by atoms with van der Waals surface area (Å²) in [5.41, 5.74) is -0.717. The normalized spacial score (nSPS) is 12.5. The Balaban J connectivity index is 0.000000516. The molecule has 0 spiro atoms. The van der Waals surface area contributed by atoms with E-state index in [-0.39, 0.29) is 5.54 Å². The summed E-state index contributed by atoms with van der Waals surface area (Å²) >= 11 is 0. The van der Waals surface area contributed by atoms with E-state index >= 15 is 0 Å². The van der Waals surface area contributed by atoms with E-state index in [1.807, 2.05) is 6.92 Å². The highest BCUT2D eigenvalue weighted by atomic mass is 28.3. The molecule has 1 aromatic rings. The monoisotopic (exact) mass is 425 g/mol. The van der Waals surface area contributed by atoms with E-state index in [1.54, 1.807) is 13.1 Å². The summed E-state index contributed by atoms with van der Waals surface area (Å²) in [6.45, 7) is 16.4. The van der Waals surface area contributed by atoms with Gasteiger partial charge in [-0.3, -0.25) is 0 Å². The second-order valence-electron chi connectivity index (χ2n) is 6.92. The van der Waals surface area contributed by atoms with Crippen molar-refractivity contribution in [3.8, 4) is 6.07 Å². The van der Waals surface area contributed by atoms with E-state index < -0.39 is 52.0 Å². The lowest BCUT2D eigenvalue weighted by molar-refractivity contribution is 0.382. The molecule has 10 heteroatoms. The maximum atomic E-state index is 13.0. The molecule has 0 aliphatic carbocycles. The van der Waals surface area contributed by atoms with Crippen LogP contribution in [-0.4, -0.2) is 34.8 Å². The lowest BCUT2D eigenvalue weighted by atomic mass is 10.2. The molecule has 154 valence electrons. The number of nitrogens with zero attached hydrogens (tertiary/aromatic N) is 2. The Labute approximate surface area is 161 Å². The molecule has 0 radical (unpaired) electrons. The van der Waals surface area contributed by atoms with E-state index in [0.717, 1.165) is 13.1 Å². The van der Waals surface area contributed by atoms with Crippen molar-refractivity contribution < 1.29 is 22.0 Å². The Bertz CT molecular complexity index is 645. The predicted octanol–water partition coefficient (Wildman–Crippen LogP) is 5.22. The zero-order valence-electron chi connectivity index (χ0n) is 16.9. The minimum absolute atomic E-state index is 0.220. The van der Waals surface area contributed by atoms with Crippen molar-refractivity contribution in [2.45, 2.75) is 52.5 Å². The van der Waals surface area contributed by atoms with Gasteiger partial charge in [-0.15, -0.1) is 0 Å². The fourth-order valence-corrected chi connectivity index (χ4v) is 5.82. The fraction of sp³-hybridized carbons (Fsp3) is 0.588. The molecule has 0 saturated heterocycles. The molecular formula is C17H28F5N3Si2. The van der Waals surface area contributed by atoms with Gasteiger partial charge in [-0.05, 0) is 13.1 Å². The van der Waals surface area contributed by atoms with Crippen molar-refractivity contribution in [1.82, 2.24) is 4.57 Å². The summed E-state index contributed by atoms with van der Waals surface area (Å²) in [4.78, 5) is 2.29. The second kappa shape index (κ2) is 10.8. The Morgan fingerprint density at radius 1 is 0.963 bits per heavy atom. The molecular weight excluding hydrogens is 397 g/mol. The highest BCUT2D eigenvalue weighted by Gasteiger charge is 2.33. The molecule has 0 heterocycles. The summed E-state index contributed by atoms with van der Waals surface area (Å²) in [6, 6.07) is 2.37. The molecule has 27 heavy (non-hydrogen) atoms. The zero-order valence-corrected chi connectivity index (χ0v) is 19.0. The van der Waals surface area contributed by atoms with Crippen LogP contribution in [0.15, 0.2) is 0 Å². The van der Waals surface area contributed by atoms with Crippen molar-refractivity contribution in [3.63, 3.8) is 0 Å². The third-order valence-corrected chi connectivity index (χ3v) is 9.85. The SMILES string of the molecule is CCN(CC)[Si](C)(C)C(C)C#N.C[SiH](C)Nc1c(F)c(F)c(F)c(F)c1F. The van der Waals surface area contributed by atoms with E-state index in [2.05, 4.69) is 42.6 Å². The number of benzene rings is 1. The van der Waals surface area contributed by atoms with Crippen LogP contribution in [0.1, 0.15) is 20.8 Å². The average Bonchev–Trinajstić information content (AvgIpc) is 2.62. The minimum atomic E-state index is -2.14. The number of halogens is 5. The molecule has 1 atom stereocenters. The third-order valence-electron chi connectivity index (χ3n) is 4.47. The predicted molar refractivity (Wildman–Crippen MR) is 104 cm³/mol. The van der Waals surface area contributed by atoms with Gasteiger partial charge in [0, 0.05) is 0 Å². The van der Waals surface area contributed by atoms with Crippen molar-refractivity contribution in [3.05, 3.63) is 29.1 Å². The molecule has 1 N–H and O–H groups in total. The van der Waals surface area contributed by atoms with E-state index in [0.29, 0.717) is 0 Å². The van der Waals surface area contributed by atoms with Crippen LogP contribution >= 0.6 is 0 Å². The van der Waals surface area contributed by atoms with Crippen LogP contribution in [0.4, 0.5) is 27.6 Å². The van der Waals surface area contributed by atoms with Gasteiger partial charge in [0.2, 0.25) is 5.82 Å². The van der Waals surface area contributed by atoms with Gasteiger partial charge in [0.1, 0.15) is 22.9 Å². The summed E-state index contributed by atoms with van der Waals surface area (Å²) in [7, 11) is -3.16. The third kappa shape index (κ3) is 6.29. The van der Waals surface area contributed by atoms with Gasteiger partial charge in [-0.1, -0.05) is 47.0 Å². The van der Waals surface area contributed by atoms with E-state index in [1.165, 1.54) is 0 Å². The van der Waals surface area contributed by atoms with Crippen LogP contribution in [0.5, 0.6) is 0 Å². The minimum Gasteiger partial charge on any atom is -0.408 e. The standard InChI is InChI=1S/C9H20N2Si.C8H8F5NSi/c1-6-11(7-2)12(4,5)9(3)8-10;1-15(2)14-8-6(12)4(10)3(9)5(11)7(8)13/h9H,6-7H2,1-5H3;14-15H,1-2H3. The Morgan fingerprint density at radius 2 is 1.33 bits per heavy atom. The van der Waals surface area contributed by atoms with Gasteiger partial charge < -0.3 is 9.55 Å². The van der Waals surface area contributed by atoms with Gasteiger partial charge >= 0.3 is 0 Å². The van der Waals surface area contributed by atoms with E-state index in [4.69, 9.17) is 5.26 Å². The smallest absolute Gasteiger partial charge is 0.200 e. The van der Waals surface area contributed by atoms with Crippen molar-refractivity contribution in [2.24, 2.45) is 0 Å². The first-order valence-corrected chi connectivity index (χ1v) is 14.7. The van der Waals surface area contributed by atoms with Crippen molar-refractivity contribution >= 4 is 22.9 Å². The van der Waals surface area contributed by atoms with Gasteiger partial charge in [0.25, 0.3) is 0 Å². The molecule has 3 nitrogen and oxygen atoms in total. The summed E-state index contributed by atoms with van der Waals surface area (Å²) < 4.78 is 66.4. The molecule has 0 saturated carbocycles. The van der Waals surface area contributed by atoms with Crippen molar-refractivity contribution in [2.75, 3.05) is 18.1 Å². The topological polar surface area (TPSA) is 39.1 Å². The number of nitriles is 1. The summed E-state index contributed by atoms with van der Waals surface area (Å²) in [5, 5.41) is 8.87. The first-order valence-electron chi connectivity index (χ1n) is 8.79. The lowest BCUT2D eigenvalue weighted by Gasteiger charge is -2.37. The van der Waals surface area contributed by atoms with Crippen molar-refractivity contribution in [1.29, 1.82) is 5.26 Å². The van der Waals surface area contributed by atoms with Gasteiger partial charge in [0.05, 0.1) is 11.6 Å². The average molecular weight is 426 g/mol.